The van der Waals surface area contributed by atoms with E-state index in [1.165, 1.54) is 43.4 Å². The lowest BCUT2D eigenvalue weighted by Crippen LogP contribution is -2.06. The summed E-state index contributed by atoms with van der Waals surface area (Å²) in [6, 6.07) is 66.7. The summed E-state index contributed by atoms with van der Waals surface area (Å²) in [6.07, 6.45) is 0. The molecule has 0 unspecified atom stereocenters. The molecule has 3 heterocycles. The first-order chi connectivity index (χ1) is 27.8. The summed E-state index contributed by atoms with van der Waals surface area (Å²) in [5, 5.41) is 10.1. The molecule has 0 aliphatic rings. The molecule has 0 amide bonds. The van der Waals surface area contributed by atoms with Gasteiger partial charge in [-0.3, -0.25) is 4.57 Å². The first-order valence-electron chi connectivity index (χ1n) is 19.0. The Kier molecular flexibility index (Phi) is 6.56. The Bertz CT molecular complexity index is 3340. The second kappa shape index (κ2) is 11.9. The summed E-state index contributed by atoms with van der Waals surface area (Å²) in [4.78, 5) is 15.4. The van der Waals surface area contributed by atoms with Crippen LogP contribution in [0.15, 0.2) is 188 Å². The van der Waals surface area contributed by atoms with Crippen LogP contribution in [0.5, 0.6) is 0 Å². The summed E-state index contributed by atoms with van der Waals surface area (Å²) in [7, 11) is 0. The number of rotatable bonds is 5. The molecule has 260 valence electrons. The van der Waals surface area contributed by atoms with E-state index in [0.29, 0.717) is 17.6 Å². The molecule has 0 radical (unpaired) electrons. The molecule has 0 N–H and O–H groups in total. The summed E-state index contributed by atoms with van der Waals surface area (Å²) < 4.78 is 4.58. The zero-order valence-corrected chi connectivity index (χ0v) is 30.1. The van der Waals surface area contributed by atoms with Crippen molar-refractivity contribution in [1.82, 2.24) is 24.1 Å². The van der Waals surface area contributed by atoms with Crippen LogP contribution in [0, 0.1) is 0 Å². The van der Waals surface area contributed by atoms with Gasteiger partial charge in [0.05, 0.1) is 22.1 Å². The van der Waals surface area contributed by atoms with Gasteiger partial charge < -0.3 is 4.57 Å². The van der Waals surface area contributed by atoms with Crippen LogP contribution in [-0.4, -0.2) is 24.1 Å². The number of para-hydroxylation sites is 2. The third-order valence-corrected chi connectivity index (χ3v) is 11.3. The lowest BCUT2D eigenvalue weighted by atomic mass is 9.95. The molecule has 0 saturated heterocycles. The lowest BCUT2D eigenvalue weighted by molar-refractivity contribution is 0.953. The van der Waals surface area contributed by atoms with E-state index >= 15 is 0 Å². The van der Waals surface area contributed by atoms with E-state index in [2.05, 4.69) is 179 Å². The predicted octanol–water partition coefficient (Wildman–Crippen LogP) is 12.8. The van der Waals surface area contributed by atoms with Gasteiger partial charge in [0, 0.05) is 38.4 Å². The fourth-order valence-corrected chi connectivity index (χ4v) is 8.90. The van der Waals surface area contributed by atoms with Crippen LogP contribution in [0.25, 0.3) is 111 Å². The van der Waals surface area contributed by atoms with Crippen LogP contribution >= 0.6 is 0 Å². The van der Waals surface area contributed by atoms with Gasteiger partial charge >= 0.3 is 0 Å². The number of nitrogens with zero attached hydrogens (tertiary/aromatic N) is 5. The minimum atomic E-state index is 0.586. The summed E-state index contributed by atoms with van der Waals surface area (Å²) >= 11 is 0. The highest BCUT2D eigenvalue weighted by atomic mass is 15.2. The monoisotopic (exact) mass is 713 g/mol. The van der Waals surface area contributed by atoms with Crippen LogP contribution in [0.2, 0.25) is 0 Å². The number of hydrogen-bond acceptors (Lipinski definition) is 3. The molecule has 0 bridgehead atoms. The van der Waals surface area contributed by atoms with Crippen molar-refractivity contribution in [3.05, 3.63) is 188 Å². The summed E-state index contributed by atoms with van der Waals surface area (Å²) in [6.45, 7) is 0. The molecule has 12 rings (SSSR count). The minimum absolute atomic E-state index is 0.586. The Morgan fingerprint density at radius 3 is 1.38 bits per heavy atom. The van der Waals surface area contributed by atoms with Gasteiger partial charge in [0.1, 0.15) is 0 Å². The lowest BCUT2D eigenvalue weighted by Gasteiger charge is -2.12. The molecule has 3 aromatic heterocycles. The summed E-state index contributed by atoms with van der Waals surface area (Å²) in [5.74, 6) is 1.84. The molecular formula is C51H31N5. The Labute approximate surface area is 321 Å². The predicted molar refractivity (Wildman–Crippen MR) is 231 cm³/mol. The number of hydrogen-bond donors (Lipinski definition) is 0. The standard InChI is InChI=1S/C51H31N5/c1-2-14-32(15-3-1)49-52-50(54-51(53-49)56-43-26-8-6-22-39(43)40-23-7-9-27-44(40)56)35-18-10-16-33(30-35)34-17-11-19-36(31-34)55-45-28-12-24-41-37-20-4-5-21-38(37)42-25-13-29-46(55)48(42)47(41)45/h1-31H. The maximum atomic E-state index is 5.21. The molecule has 0 aliphatic heterocycles. The van der Waals surface area contributed by atoms with Gasteiger partial charge in [-0.15, -0.1) is 0 Å². The second-order valence-electron chi connectivity index (χ2n) is 14.4. The fraction of sp³-hybridized carbons (Fsp3) is 0. The van der Waals surface area contributed by atoms with Gasteiger partial charge in [0.2, 0.25) is 5.95 Å². The van der Waals surface area contributed by atoms with Crippen molar-refractivity contribution in [2.75, 3.05) is 0 Å². The van der Waals surface area contributed by atoms with Gasteiger partial charge in [0.15, 0.2) is 11.6 Å². The van der Waals surface area contributed by atoms with Crippen LogP contribution in [0.1, 0.15) is 0 Å². The van der Waals surface area contributed by atoms with Crippen LogP contribution < -0.4 is 0 Å². The number of benzene rings is 9. The minimum Gasteiger partial charge on any atom is -0.309 e. The zero-order valence-electron chi connectivity index (χ0n) is 30.1. The largest absolute Gasteiger partial charge is 0.309 e. The third-order valence-electron chi connectivity index (χ3n) is 11.3. The van der Waals surface area contributed by atoms with Gasteiger partial charge in [-0.05, 0) is 75.1 Å². The highest BCUT2D eigenvalue weighted by molar-refractivity contribution is 6.34. The highest BCUT2D eigenvalue weighted by Crippen LogP contribution is 2.44. The first kappa shape index (κ1) is 30.8. The smallest absolute Gasteiger partial charge is 0.238 e. The molecule has 5 heteroatoms. The SMILES string of the molecule is c1ccc(-c2nc(-c3cccc(-c4cccc(-n5c6cccc7c8ccccc8c8cccc5c8c76)c4)c3)nc(-n3c4ccccc4c4ccccc43)n2)cc1. The van der Waals surface area contributed by atoms with Gasteiger partial charge in [-0.2, -0.15) is 9.97 Å². The third kappa shape index (κ3) is 4.52. The van der Waals surface area contributed by atoms with Crippen molar-refractivity contribution >= 4 is 65.2 Å². The normalized spacial score (nSPS) is 11.9. The fourth-order valence-electron chi connectivity index (χ4n) is 8.90. The quantitative estimate of drug-likeness (QED) is 0.167. The molecule has 0 fully saturated rings. The van der Waals surface area contributed by atoms with E-state index in [1.54, 1.807) is 0 Å². The van der Waals surface area contributed by atoms with Crippen molar-refractivity contribution in [3.8, 4) is 45.5 Å². The van der Waals surface area contributed by atoms with Crippen molar-refractivity contribution in [3.63, 3.8) is 0 Å². The average molecular weight is 714 g/mol. The van der Waals surface area contributed by atoms with E-state index in [4.69, 9.17) is 15.0 Å². The molecule has 0 atom stereocenters. The van der Waals surface area contributed by atoms with E-state index < -0.39 is 0 Å². The molecule has 0 saturated carbocycles. The van der Waals surface area contributed by atoms with Crippen LogP contribution in [-0.2, 0) is 0 Å². The highest BCUT2D eigenvalue weighted by Gasteiger charge is 2.21. The van der Waals surface area contributed by atoms with Gasteiger partial charge in [0.25, 0.3) is 0 Å². The summed E-state index contributed by atoms with van der Waals surface area (Å²) in [5.41, 5.74) is 9.71. The van der Waals surface area contributed by atoms with Crippen molar-refractivity contribution < 1.29 is 0 Å². The van der Waals surface area contributed by atoms with E-state index in [-0.39, 0.29) is 0 Å². The van der Waals surface area contributed by atoms with Crippen molar-refractivity contribution in [2.45, 2.75) is 0 Å². The Balaban J connectivity index is 1.03. The molecular weight excluding hydrogens is 683 g/mol. The van der Waals surface area contributed by atoms with Crippen molar-refractivity contribution in [2.24, 2.45) is 0 Å². The number of fused-ring (bicyclic) bond motifs is 6. The Hall–Kier alpha value is -7.63. The van der Waals surface area contributed by atoms with E-state index in [0.717, 1.165) is 49.7 Å². The molecule has 0 spiro atoms. The van der Waals surface area contributed by atoms with Crippen LogP contribution in [0.4, 0.5) is 0 Å². The molecule has 56 heavy (non-hydrogen) atoms. The number of aromatic nitrogens is 5. The van der Waals surface area contributed by atoms with E-state index in [1.807, 2.05) is 18.2 Å². The maximum Gasteiger partial charge on any atom is 0.238 e. The first-order valence-corrected chi connectivity index (χ1v) is 19.0. The van der Waals surface area contributed by atoms with E-state index in [9.17, 15) is 0 Å². The van der Waals surface area contributed by atoms with Crippen LogP contribution in [0.3, 0.4) is 0 Å². The van der Waals surface area contributed by atoms with Gasteiger partial charge in [-0.25, -0.2) is 4.98 Å². The Morgan fingerprint density at radius 2 is 0.732 bits per heavy atom. The Morgan fingerprint density at radius 1 is 0.286 bits per heavy atom. The second-order valence-corrected chi connectivity index (χ2v) is 14.4. The molecule has 0 aliphatic carbocycles. The maximum absolute atomic E-state index is 5.21. The molecule has 5 nitrogen and oxygen atoms in total. The van der Waals surface area contributed by atoms with Crippen molar-refractivity contribution in [1.29, 1.82) is 0 Å². The zero-order chi connectivity index (χ0) is 36.7. The topological polar surface area (TPSA) is 48.5 Å². The molecule has 12 aromatic rings. The average Bonchev–Trinajstić information content (AvgIpc) is 3.80. The van der Waals surface area contributed by atoms with Gasteiger partial charge in [-0.1, -0.05) is 146 Å². The molecule has 9 aromatic carbocycles.